The average molecular weight is 311 g/mol. The standard InChI is InChI=1S/C14H25N5O3/c1-9(2)14(5,8-15)16-12(20)6-7-18-11(4)13(19(21)22)10(3)17-18/h9H,6-8,15H2,1-5H3,(H,16,20). The third-order valence-electron chi connectivity index (χ3n) is 4.20. The zero-order valence-electron chi connectivity index (χ0n) is 13.8. The summed E-state index contributed by atoms with van der Waals surface area (Å²) in [5, 5.41) is 18.0. The van der Waals surface area contributed by atoms with Crippen LogP contribution in [0.2, 0.25) is 0 Å². The van der Waals surface area contributed by atoms with Gasteiger partial charge in [-0.3, -0.25) is 19.6 Å². The molecule has 0 spiro atoms. The van der Waals surface area contributed by atoms with E-state index in [0.717, 1.165) is 0 Å². The molecule has 0 aliphatic heterocycles. The van der Waals surface area contributed by atoms with Crippen LogP contribution in [0.25, 0.3) is 0 Å². The maximum absolute atomic E-state index is 12.1. The van der Waals surface area contributed by atoms with Crippen molar-refractivity contribution in [2.24, 2.45) is 11.7 Å². The largest absolute Gasteiger partial charge is 0.349 e. The van der Waals surface area contributed by atoms with Crippen molar-refractivity contribution in [2.45, 2.75) is 53.1 Å². The summed E-state index contributed by atoms with van der Waals surface area (Å²) in [7, 11) is 0. The molecule has 8 nitrogen and oxygen atoms in total. The Morgan fingerprint density at radius 3 is 2.50 bits per heavy atom. The molecule has 1 amide bonds. The molecule has 0 bridgehead atoms. The molecule has 1 unspecified atom stereocenters. The van der Waals surface area contributed by atoms with E-state index in [2.05, 4.69) is 10.4 Å². The summed E-state index contributed by atoms with van der Waals surface area (Å²) in [4.78, 5) is 22.6. The second-order valence-corrected chi connectivity index (χ2v) is 6.07. The highest BCUT2D eigenvalue weighted by molar-refractivity contribution is 5.76. The SMILES string of the molecule is Cc1nn(CCC(=O)NC(C)(CN)C(C)C)c(C)c1[N+](=O)[O-]. The van der Waals surface area contributed by atoms with E-state index < -0.39 is 10.5 Å². The second-order valence-electron chi connectivity index (χ2n) is 6.07. The van der Waals surface area contributed by atoms with E-state index in [9.17, 15) is 14.9 Å². The van der Waals surface area contributed by atoms with Gasteiger partial charge in [-0.15, -0.1) is 0 Å². The van der Waals surface area contributed by atoms with Crippen LogP contribution in [-0.2, 0) is 11.3 Å². The minimum absolute atomic E-state index is 0.00869. The van der Waals surface area contributed by atoms with Crippen LogP contribution >= 0.6 is 0 Å². The quantitative estimate of drug-likeness (QED) is 0.581. The Labute approximate surface area is 130 Å². The fraction of sp³-hybridized carbons (Fsp3) is 0.714. The van der Waals surface area contributed by atoms with Crippen LogP contribution in [0.4, 0.5) is 5.69 Å². The van der Waals surface area contributed by atoms with Crippen molar-refractivity contribution in [3.63, 3.8) is 0 Å². The third-order valence-corrected chi connectivity index (χ3v) is 4.20. The van der Waals surface area contributed by atoms with Crippen molar-refractivity contribution in [1.29, 1.82) is 0 Å². The first-order chi connectivity index (χ1) is 10.1. The molecule has 124 valence electrons. The van der Waals surface area contributed by atoms with E-state index in [4.69, 9.17) is 5.73 Å². The maximum Gasteiger partial charge on any atom is 0.312 e. The molecule has 1 aromatic rings. The van der Waals surface area contributed by atoms with Crippen molar-refractivity contribution >= 4 is 11.6 Å². The normalized spacial score (nSPS) is 14.0. The van der Waals surface area contributed by atoms with Crippen LogP contribution in [-0.4, -0.2) is 32.7 Å². The zero-order valence-corrected chi connectivity index (χ0v) is 13.8. The van der Waals surface area contributed by atoms with Crippen LogP contribution in [0, 0.1) is 29.9 Å². The fourth-order valence-electron chi connectivity index (χ4n) is 2.19. The summed E-state index contributed by atoms with van der Waals surface area (Å²) in [6, 6.07) is 0. The van der Waals surface area contributed by atoms with Gasteiger partial charge in [0.05, 0.1) is 17.0 Å². The van der Waals surface area contributed by atoms with Crippen LogP contribution < -0.4 is 11.1 Å². The Balaban J connectivity index is 2.73. The molecular weight excluding hydrogens is 286 g/mol. The highest BCUT2D eigenvalue weighted by Gasteiger charge is 2.28. The van der Waals surface area contributed by atoms with Crippen molar-refractivity contribution in [3.05, 3.63) is 21.5 Å². The van der Waals surface area contributed by atoms with Crippen LogP contribution in [0.5, 0.6) is 0 Å². The molecule has 1 rings (SSSR count). The topological polar surface area (TPSA) is 116 Å². The molecule has 0 aromatic carbocycles. The lowest BCUT2D eigenvalue weighted by Gasteiger charge is -2.33. The van der Waals surface area contributed by atoms with Gasteiger partial charge in [-0.2, -0.15) is 5.10 Å². The van der Waals surface area contributed by atoms with Crippen LogP contribution in [0.1, 0.15) is 38.6 Å². The van der Waals surface area contributed by atoms with Gasteiger partial charge >= 0.3 is 5.69 Å². The molecule has 22 heavy (non-hydrogen) atoms. The van der Waals surface area contributed by atoms with Gasteiger partial charge in [-0.05, 0) is 26.7 Å². The zero-order chi connectivity index (χ0) is 17.1. The van der Waals surface area contributed by atoms with Crippen molar-refractivity contribution in [2.75, 3.05) is 6.54 Å². The van der Waals surface area contributed by atoms with E-state index in [0.29, 0.717) is 24.5 Å². The number of rotatable bonds is 7. The smallest absolute Gasteiger partial charge is 0.312 e. The minimum Gasteiger partial charge on any atom is -0.349 e. The number of amides is 1. The van der Waals surface area contributed by atoms with E-state index >= 15 is 0 Å². The molecule has 0 aliphatic rings. The van der Waals surface area contributed by atoms with Gasteiger partial charge in [-0.25, -0.2) is 0 Å². The van der Waals surface area contributed by atoms with Gasteiger partial charge < -0.3 is 11.1 Å². The maximum atomic E-state index is 12.1. The first-order valence-corrected chi connectivity index (χ1v) is 7.32. The summed E-state index contributed by atoms with van der Waals surface area (Å²) in [5.41, 5.74) is 6.10. The summed E-state index contributed by atoms with van der Waals surface area (Å²) < 4.78 is 1.50. The fourth-order valence-corrected chi connectivity index (χ4v) is 2.19. The van der Waals surface area contributed by atoms with Crippen LogP contribution in [0.3, 0.4) is 0 Å². The van der Waals surface area contributed by atoms with Gasteiger partial charge in [0.2, 0.25) is 5.91 Å². The summed E-state index contributed by atoms with van der Waals surface area (Å²) in [6.07, 6.45) is 0.196. The number of hydrogen-bond acceptors (Lipinski definition) is 5. The Morgan fingerprint density at radius 1 is 1.50 bits per heavy atom. The first kappa shape index (κ1) is 18.1. The number of nitro groups is 1. The van der Waals surface area contributed by atoms with E-state index in [1.165, 1.54) is 4.68 Å². The van der Waals surface area contributed by atoms with Gasteiger partial charge in [0.15, 0.2) is 0 Å². The Kier molecular flexibility index (Phi) is 5.65. The molecule has 0 saturated heterocycles. The predicted molar refractivity (Wildman–Crippen MR) is 83.4 cm³/mol. The lowest BCUT2D eigenvalue weighted by atomic mass is 9.88. The predicted octanol–water partition coefficient (Wildman–Crippen LogP) is 1.29. The lowest BCUT2D eigenvalue weighted by molar-refractivity contribution is -0.386. The van der Waals surface area contributed by atoms with Gasteiger partial charge in [-0.1, -0.05) is 13.8 Å². The Hall–Kier alpha value is -1.96. The molecule has 1 atom stereocenters. The molecule has 0 saturated carbocycles. The number of aromatic nitrogens is 2. The van der Waals surface area contributed by atoms with E-state index in [1.807, 2.05) is 20.8 Å². The number of nitrogens with zero attached hydrogens (tertiary/aromatic N) is 3. The molecule has 0 aliphatic carbocycles. The molecule has 8 heteroatoms. The molecule has 1 heterocycles. The summed E-state index contributed by atoms with van der Waals surface area (Å²) >= 11 is 0. The Bertz CT molecular complexity index is 567. The van der Waals surface area contributed by atoms with E-state index in [-0.39, 0.29) is 23.9 Å². The minimum atomic E-state index is -0.460. The lowest BCUT2D eigenvalue weighted by Crippen LogP contribution is -2.55. The number of hydrogen-bond donors (Lipinski definition) is 2. The molecule has 3 N–H and O–H groups in total. The highest BCUT2D eigenvalue weighted by Crippen LogP contribution is 2.22. The van der Waals surface area contributed by atoms with Gasteiger partial charge in [0, 0.05) is 13.0 Å². The van der Waals surface area contributed by atoms with Crippen LogP contribution in [0.15, 0.2) is 0 Å². The third kappa shape index (κ3) is 3.82. The van der Waals surface area contributed by atoms with Gasteiger partial charge in [0.25, 0.3) is 0 Å². The summed E-state index contributed by atoms with van der Waals surface area (Å²) in [6.45, 7) is 9.77. The molecule has 0 radical (unpaired) electrons. The monoisotopic (exact) mass is 311 g/mol. The van der Waals surface area contributed by atoms with Crippen molar-refractivity contribution in [3.8, 4) is 0 Å². The number of carbonyl (C=O) groups is 1. The number of nitrogens with two attached hydrogens (primary N) is 1. The number of carbonyl (C=O) groups excluding carboxylic acids is 1. The number of nitrogens with one attached hydrogen (secondary N) is 1. The number of aryl methyl sites for hydroxylation is 2. The molecular formula is C14H25N5O3. The molecule has 1 aromatic heterocycles. The molecule has 0 fully saturated rings. The summed E-state index contributed by atoms with van der Waals surface area (Å²) in [5.74, 6) is 0.0630. The van der Waals surface area contributed by atoms with Gasteiger partial charge in [0.1, 0.15) is 11.4 Å². The Morgan fingerprint density at radius 2 is 2.09 bits per heavy atom. The van der Waals surface area contributed by atoms with Crippen molar-refractivity contribution in [1.82, 2.24) is 15.1 Å². The first-order valence-electron chi connectivity index (χ1n) is 7.32. The van der Waals surface area contributed by atoms with E-state index in [1.54, 1.807) is 13.8 Å². The van der Waals surface area contributed by atoms with Crippen molar-refractivity contribution < 1.29 is 9.72 Å². The average Bonchev–Trinajstić information content (AvgIpc) is 2.70. The second kappa shape index (κ2) is 6.87. The highest BCUT2D eigenvalue weighted by atomic mass is 16.6.